The van der Waals surface area contributed by atoms with Gasteiger partial charge in [0.2, 0.25) is 0 Å². The predicted octanol–water partition coefficient (Wildman–Crippen LogP) is 3.38. The summed E-state index contributed by atoms with van der Waals surface area (Å²) in [6.07, 6.45) is -0.0709. The summed E-state index contributed by atoms with van der Waals surface area (Å²) in [5.41, 5.74) is 2.95. The standard InChI is InChI=1S/C19H22N2O3/c1-13(2)21(12-11-18(22)23)19(24)16-9-10-17(20-14(16)3)15-7-5-4-6-8-15/h4-10,13H,11-12H2,1-3H3,(H,22,23). The molecule has 1 aromatic carbocycles. The Hall–Kier alpha value is -2.69. The number of nitrogens with zero attached hydrogens (tertiary/aromatic N) is 2. The third-order valence-electron chi connectivity index (χ3n) is 3.84. The Labute approximate surface area is 142 Å². The lowest BCUT2D eigenvalue weighted by atomic mass is 10.1. The molecule has 0 fully saturated rings. The van der Waals surface area contributed by atoms with Gasteiger partial charge < -0.3 is 10.0 Å². The van der Waals surface area contributed by atoms with E-state index in [1.165, 1.54) is 0 Å². The minimum Gasteiger partial charge on any atom is -0.481 e. The van der Waals surface area contributed by atoms with Crippen LogP contribution in [0.2, 0.25) is 0 Å². The van der Waals surface area contributed by atoms with Gasteiger partial charge in [-0.15, -0.1) is 0 Å². The van der Waals surface area contributed by atoms with Gasteiger partial charge in [0.25, 0.3) is 5.91 Å². The van der Waals surface area contributed by atoms with Crippen LogP contribution in [0.3, 0.4) is 0 Å². The van der Waals surface area contributed by atoms with Crippen molar-refractivity contribution in [3.8, 4) is 11.3 Å². The predicted molar refractivity (Wildman–Crippen MR) is 92.8 cm³/mol. The number of carboxylic acid groups (broad SMARTS) is 1. The number of aliphatic carboxylic acids is 1. The van der Waals surface area contributed by atoms with Crippen LogP contribution in [0.15, 0.2) is 42.5 Å². The van der Waals surface area contributed by atoms with Gasteiger partial charge in [0.05, 0.1) is 23.4 Å². The molecular weight excluding hydrogens is 304 g/mol. The zero-order valence-electron chi connectivity index (χ0n) is 14.2. The van der Waals surface area contributed by atoms with Crippen molar-refractivity contribution in [3.63, 3.8) is 0 Å². The van der Waals surface area contributed by atoms with Crippen molar-refractivity contribution < 1.29 is 14.7 Å². The van der Waals surface area contributed by atoms with Gasteiger partial charge in [-0.3, -0.25) is 14.6 Å². The summed E-state index contributed by atoms with van der Waals surface area (Å²) >= 11 is 0. The fraction of sp³-hybridized carbons (Fsp3) is 0.316. The molecule has 0 aliphatic rings. The first-order valence-corrected chi connectivity index (χ1v) is 7.96. The first-order valence-electron chi connectivity index (χ1n) is 7.96. The number of pyridine rings is 1. The van der Waals surface area contributed by atoms with Gasteiger partial charge in [-0.05, 0) is 32.9 Å². The van der Waals surface area contributed by atoms with E-state index in [0.717, 1.165) is 11.3 Å². The maximum absolute atomic E-state index is 12.8. The number of aromatic nitrogens is 1. The molecule has 1 aromatic heterocycles. The van der Waals surface area contributed by atoms with Crippen LogP contribution in [-0.4, -0.2) is 39.5 Å². The Balaban J connectivity index is 2.27. The quantitative estimate of drug-likeness (QED) is 0.883. The zero-order chi connectivity index (χ0) is 17.7. The number of rotatable bonds is 6. The van der Waals surface area contributed by atoms with Crippen LogP contribution in [0.25, 0.3) is 11.3 Å². The molecule has 0 bridgehead atoms. The lowest BCUT2D eigenvalue weighted by Gasteiger charge is -2.26. The van der Waals surface area contributed by atoms with Crippen molar-refractivity contribution in [2.45, 2.75) is 33.2 Å². The van der Waals surface area contributed by atoms with Crippen molar-refractivity contribution in [2.75, 3.05) is 6.54 Å². The van der Waals surface area contributed by atoms with E-state index in [4.69, 9.17) is 5.11 Å². The van der Waals surface area contributed by atoms with Gasteiger partial charge in [-0.1, -0.05) is 30.3 Å². The largest absolute Gasteiger partial charge is 0.481 e. The average molecular weight is 326 g/mol. The summed E-state index contributed by atoms with van der Waals surface area (Å²) in [4.78, 5) is 29.7. The Bertz CT molecular complexity index is 727. The number of hydrogen-bond acceptors (Lipinski definition) is 3. The summed E-state index contributed by atoms with van der Waals surface area (Å²) < 4.78 is 0. The van der Waals surface area contributed by atoms with E-state index in [1.54, 1.807) is 17.9 Å². The fourth-order valence-corrected chi connectivity index (χ4v) is 2.52. The van der Waals surface area contributed by atoms with Crippen molar-refractivity contribution >= 4 is 11.9 Å². The number of carbonyl (C=O) groups excluding carboxylic acids is 1. The minimum absolute atomic E-state index is 0.0709. The van der Waals surface area contributed by atoms with Crippen LogP contribution >= 0.6 is 0 Å². The SMILES string of the molecule is Cc1nc(-c2ccccc2)ccc1C(=O)N(CCC(=O)O)C(C)C. The second-order valence-electron chi connectivity index (χ2n) is 5.93. The lowest BCUT2D eigenvalue weighted by molar-refractivity contribution is -0.137. The highest BCUT2D eigenvalue weighted by Crippen LogP contribution is 2.20. The molecule has 5 heteroatoms. The number of hydrogen-bond donors (Lipinski definition) is 1. The molecule has 2 aromatic rings. The van der Waals surface area contributed by atoms with Crippen molar-refractivity contribution in [1.29, 1.82) is 0 Å². The highest BCUT2D eigenvalue weighted by Gasteiger charge is 2.21. The molecule has 126 valence electrons. The molecule has 24 heavy (non-hydrogen) atoms. The summed E-state index contributed by atoms with van der Waals surface area (Å²) in [7, 11) is 0. The molecule has 1 amide bonds. The van der Waals surface area contributed by atoms with E-state index in [-0.39, 0.29) is 24.9 Å². The van der Waals surface area contributed by atoms with Crippen LogP contribution in [0.1, 0.15) is 36.3 Å². The molecule has 0 radical (unpaired) electrons. The second kappa shape index (κ2) is 7.73. The van der Waals surface area contributed by atoms with Crippen molar-refractivity contribution in [1.82, 2.24) is 9.88 Å². The van der Waals surface area contributed by atoms with E-state index in [9.17, 15) is 9.59 Å². The molecule has 0 unspecified atom stereocenters. The molecular formula is C19H22N2O3. The molecule has 0 saturated carbocycles. The van der Waals surface area contributed by atoms with E-state index < -0.39 is 5.97 Å². The summed E-state index contributed by atoms with van der Waals surface area (Å²) in [5, 5.41) is 8.86. The van der Waals surface area contributed by atoms with Crippen molar-refractivity contribution in [3.05, 3.63) is 53.7 Å². The molecule has 1 heterocycles. The average Bonchev–Trinajstić information content (AvgIpc) is 2.55. The number of benzene rings is 1. The van der Waals surface area contributed by atoms with Gasteiger partial charge in [-0.2, -0.15) is 0 Å². The Kier molecular flexibility index (Phi) is 5.68. The third-order valence-corrected chi connectivity index (χ3v) is 3.84. The third kappa shape index (κ3) is 4.19. The van der Waals surface area contributed by atoms with Crippen LogP contribution in [-0.2, 0) is 4.79 Å². The second-order valence-corrected chi connectivity index (χ2v) is 5.93. The minimum atomic E-state index is -0.914. The van der Waals surface area contributed by atoms with E-state index >= 15 is 0 Å². The molecule has 2 rings (SSSR count). The Morgan fingerprint density at radius 3 is 2.33 bits per heavy atom. The molecule has 0 saturated heterocycles. The summed E-state index contributed by atoms with van der Waals surface area (Å²) in [5.74, 6) is -1.10. The van der Waals surface area contributed by atoms with Crippen LogP contribution < -0.4 is 0 Å². The molecule has 1 N–H and O–H groups in total. The molecule has 0 aliphatic carbocycles. The fourth-order valence-electron chi connectivity index (χ4n) is 2.52. The number of aryl methyl sites for hydroxylation is 1. The molecule has 0 aliphatic heterocycles. The highest BCUT2D eigenvalue weighted by molar-refractivity contribution is 5.96. The first kappa shape index (κ1) is 17.7. The van der Waals surface area contributed by atoms with Crippen LogP contribution in [0.5, 0.6) is 0 Å². The maximum Gasteiger partial charge on any atom is 0.305 e. The highest BCUT2D eigenvalue weighted by atomic mass is 16.4. The molecule has 0 atom stereocenters. The van der Waals surface area contributed by atoms with Gasteiger partial charge in [0.15, 0.2) is 0 Å². The lowest BCUT2D eigenvalue weighted by Crippen LogP contribution is -2.38. The normalized spacial score (nSPS) is 10.7. The van der Waals surface area contributed by atoms with Gasteiger partial charge >= 0.3 is 5.97 Å². The zero-order valence-corrected chi connectivity index (χ0v) is 14.2. The first-order chi connectivity index (χ1) is 11.4. The summed E-state index contributed by atoms with van der Waals surface area (Å²) in [6, 6.07) is 13.3. The monoisotopic (exact) mass is 326 g/mol. The number of carboxylic acids is 1. The summed E-state index contributed by atoms with van der Waals surface area (Å²) in [6.45, 7) is 5.74. The number of amides is 1. The molecule has 0 spiro atoms. The van der Waals surface area contributed by atoms with E-state index in [1.807, 2.05) is 50.2 Å². The maximum atomic E-state index is 12.8. The Morgan fingerprint density at radius 2 is 1.79 bits per heavy atom. The smallest absolute Gasteiger partial charge is 0.305 e. The van der Waals surface area contributed by atoms with Gasteiger partial charge in [0.1, 0.15) is 0 Å². The van der Waals surface area contributed by atoms with Crippen LogP contribution in [0, 0.1) is 6.92 Å². The van der Waals surface area contributed by atoms with Gasteiger partial charge in [0, 0.05) is 18.2 Å². The van der Waals surface area contributed by atoms with E-state index in [0.29, 0.717) is 11.3 Å². The Morgan fingerprint density at radius 1 is 1.12 bits per heavy atom. The van der Waals surface area contributed by atoms with Crippen molar-refractivity contribution in [2.24, 2.45) is 0 Å². The van der Waals surface area contributed by atoms with E-state index in [2.05, 4.69) is 4.98 Å². The topological polar surface area (TPSA) is 70.5 Å². The molecule has 5 nitrogen and oxygen atoms in total. The van der Waals surface area contributed by atoms with Gasteiger partial charge in [-0.25, -0.2) is 0 Å². The van der Waals surface area contributed by atoms with Crippen LogP contribution in [0.4, 0.5) is 0 Å². The number of carbonyl (C=O) groups is 2.